The Morgan fingerprint density at radius 2 is 1.86 bits per heavy atom. The molecule has 0 atom stereocenters. The summed E-state index contributed by atoms with van der Waals surface area (Å²) in [7, 11) is -2.26. The van der Waals surface area contributed by atoms with Gasteiger partial charge in [0.2, 0.25) is 15.9 Å². The van der Waals surface area contributed by atoms with E-state index in [-0.39, 0.29) is 17.3 Å². The molecule has 0 fully saturated rings. The van der Waals surface area contributed by atoms with Crippen molar-refractivity contribution in [3.8, 4) is 0 Å². The fourth-order valence-corrected chi connectivity index (χ4v) is 4.87. The Labute approximate surface area is 176 Å². The second-order valence-corrected chi connectivity index (χ2v) is 10.4. The molecule has 0 saturated heterocycles. The minimum absolute atomic E-state index is 0.189. The van der Waals surface area contributed by atoms with Gasteiger partial charge in [0.05, 0.1) is 11.4 Å². The zero-order valence-corrected chi connectivity index (χ0v) is 18.8. The highest BCUT2D eigenvalue weighted by molar-refractivity contribution is 7.98. The van der Waals surface area contributed by atoms with Crippen LogP contribution in [-0.4, -0.2) is 50.8 Å². The molecule has 0 radical (unpaired) electrons. The first kappa shape index (κ1) is 22.8. The van der Waals surface area contributed by atoms with Crippen LogP contribution in [0.15, 0.2) is 58.3 Å². The van der Waals surface area contributed by atoms with Crippen LogP contribution in [0.1, 0.15) is 11.1 Å². The Morgan fingerprint density at radius 1 is 1.14 bits per heavy atom. The normalized spacial score (nSPS) is 11.6. The maximum absolute atomic E-state index is 12.6. The van der Waals surface area contributed by atoms with Crippen LogP contribution in [0.5, 0.6) is 0 Å². The van der Waals surface area contributed by atoms with Crippen LogP contribution in [0.4, 0.5) is 0 Å². The van der Waals surface area contributed by atoms with E-state index in [0.717, 1.165) is 20.7 Å². The molecule has 0 heterocycles. The molecule has 0 saturated carbocycles. The van der Waals surface area contributed by atoms with Crippen molar-refractivity contribution in [1.82, 2.24) is 9.62 Å². The summed E-state index contributed by atoms with van der Waals surface area (Å²) in [6.07, 6.45) is 1.93. The van der Waals surface area contributed by atoms with E-state index in [1.54, 1.807) is 47.8 Å². The van der Waals surface area contributed by atoms with Crippen LogP contribution in [0.3, 0.4) is 0 Å². The number of carbonyl (C=O) groups is 1. The van der Waals surface area contributed by atoms with Gasteiger partial charge >= 0.3 is 0 Å². The van der Waals surface area contributed by atoms with Crippen LogP contribution in [0, 0.1) is 6.92 Å². The van der Waals surface area contributed by atoms with Gasteiger partial charge in [-0.15, -0.1) is 11.8 Å². The quantitative estimate of drug-likeness (QED) is 0.455. The monoisotopic (exact) mass is 438 g/mol. The van der Waals surface area contributed by atoms with Crippen LogP contribution < -0.4 is 5.32 Å². The topological polar surface area (TPSA) is 66.5 Å². The molecule has 8 heteroatoms. The second-order valence-electron chi connectivity index (χ2n) is 6.33. The lowest BCUT2D eigenvalue weighted by Gasteiger charge is -2.17. The summed E-state index contributed by atoms with van der Waals surface area (Å²) in [5.74, 6) is 1.35. The van der Waals surface area contributed by atoms with Gasteiger partial charge in [-0.05, 0) is 43.0 Å². The highest BCUT2D eigenvalue weighted by atomic mass is 32.2. The molecule has 5 nitrogen and oxygen atoms in total. The molecule has 0 aliphatic heterocycles. The highest BCUT2D eigenvalue weighted by Crippen LogP contribution is 2.19. The highest BCUT2D eigenvalue weighted by Gasteiger charge is 2.22. The molecular formula is C20H26N2O3S3. The van der Waals surface area contributed by atoms with Gasteiger partial charge in [0.25, 0.3) is 0 Å². The minimum Gasteiger partial charge on any atom is -0.354 e. The summed E-state index contributed by atoms with van der Waals surface area (Å²) in [6, 6.07) is 15.0. The van der Waals surface area contributed by atoms with Gasteiger partial charge in [-0.1, -0.05) is 29.8 Å². The molecule has 0 spiro atoms. The van der Waals surface area contributed by atoms with Crippen molar-refractivity contribution >= 4 is 39.5 Å². The van der Waals surface area contributed by atoms with E-state index in [1.165, 1.54) is 18.2 Å². The molecule has 0 bridgehead atoms. The van der Waals surface area contributed by atoms with Crippen molar-refractivity contribution in [2.45, 2.75) is 22.5 Å². The lowest BCUT2D eigenvalue weighted by molar-refractivity contribution is -0.121. The molecule has 0 aliphatic rings. The number of hydrogen-bond acceptors (Lipinski definition) is 5. The molecule has 0 aliphatic carbocycles. The fraction of sp³-hybridized carbons (Fsp3) is 0.350. The van der Waals surface area contributed by atoms with Gasteiger partial charge in [0, 0.05) is 30.0 Å². The minimum atomic E-state index is -3.68. The van der Waals surface area contributed by atoms with Gasteiger partial charge in [0.1, 0.15) is 0 Å². The van der Waals surface area contributed by atoms with Gasteiger partial charge in [-0.25, -0.2) is 8.42 Å². The second kappa shape index (κ2) is 10.9. The van der Waals surface area contributed by atoms with Gasteiger partial charge < -0.3 is 5.32 Å². The third-order valence-corrected chi connectivity index (χ3v) is 7.65. The molecule has 2 rings (SSSR count). The van der Waals surface area contributed by atoms with Crippen molar-refractivity contribution in [3.05, 3.63) is 59.7 Å². The molecule has 2 aromatic rings. The van der Waals surface area contributed by atoms with E-state index in [1.807, 2.05) is 12.3 Å². The average Bonchev–Trinajstić information content (AvgIpc) is 2.67. The summed E-state index contributed by atoms with van der Waals surface area (Å²) >= 11 is 3.28. The van der Waals surface area contributed by atoms with Crippen LogP contribution in [0.2, 0.25) is 0 Å². The van der Waals surface area contributed by atoms with Crippen LogP contribution in [-0.2, 0) is 20.6 Å². The third-order valence-electron chi connectivity index (χ3n) is 4.05. The van der Waals surface area contributed by atoms with Crippen molar-refractivity contribution < 1.29 is 13.2 Å². The van der Waals surface area contributed by atoms with Gasteiger partial charge in [0.15, 0.2) is 0 Å². The number of carbonyl (C=O) groups excluding carboxylic acids is 1. The van der Waals surface area contributed by atoms with E-state index >= 15 is 0 Å². The number of rotatable bonds is 10. The van der Waals surface area contributed by atoms with E-state index in [9.17, 15) is 13.2 Å². The Balaban J connectivity index is 1.75. The lowest BCUT2D eigenvalue weighted by atomic mass is 10.2. The molecule has 152 valence electrons. The Hall–Kier alpha value is -1.48. The number of aryl methyl sites for hydroxylation is 1. The largest absolute Gasteiger partial charge is 0.354 e. The summed E-state index contributed by atoms with van der Waals surface area (Å²) in [4.78, 5) is 13.3. The first-order chi connectivity index (χ1) is 13.3. The molecule has 28 heavy (non-hydrogen) atoms. The number of likely N-dealkylation sites (N-methyl/N-ethyl adjacent to an activating group) is 1. The van der Waals surface area contributed by atoms with Crippen LogP contribution >= 0.6 is 23.5 Å². The molecule has 2 aromatic carbocycles. The molecular weight excluding hydrogens is 412 g/mol. The Bertz CT molecular complexity index is 884. The molecule has 0 aromatic heterocycles. The summed E-state index contributed by atoms with van der Waals surface area (Å²) in [5, 5.41) is 2.78. The number of nitrogens with one attached hydrogen (secondary N) is 1. The van der Waals surface area contributed by atoms with Gasteiger partial charge in [-0.2, -0.15) is 16.1 Å². The van der Waals surface area contributed by atoms with Crippen molar-refractivity contribution in [2.75, 3.05) is 32.1 Å². The maximum atomic E-state index is 12.6. The number of nitrogens with zero attached hydrogens (tertiary/aromatic N) is 1. The van der Waals surface area contributed by atoms with Gasteiger partial charge in [-0.3, -0.25) is 4.79 Å². The SMILES string of the molecule is CSc1ccc(S(=O)(=O)N(C)CC(=O)NCCSCc2cccc(C)c2)cc1. The van der Waals surface area contributed by atoms with E-state index in [4.69, 9.17) is 0 Å². The molecule has 1 N–H and O–H groups in total. The zero-order valence-electron chi connectivity index (χ0n) is 16.3. The lowest BCUT2D eigenvalue weighted by Crippen LogP contribution is -2.39. The standard InChI is InChI=1S/C20H26N2O3S3/c1-16-5-4-6-17(13-16)15-27-12-11-21-20(23)14-22(2)28(24,25)19-9-7-18(26-3)8-10-19/h4-10,13H,11-12,14-15H2,1-3H3,(H,21,23). The number of benzene rings is 2. The Kier molecular flexibility index (Phi) is 8.88. The van der Waals surface area contributed by atoms with Crippen molar-refractivity contribution in [2.24, 2.45) is 0 Å². The first-order valence-electron chi connectivity index (χ1n) is 8.83. The van der Waals surface area contributed by atoms with E-state index < -0.39 is 10.0 Å². The zero-order chi connectivity index (χ0) is 20.6. The van der Waals surface area contributed by atoms with E-state index in [2.05, 4.69) is 30.4 Å². The predicted molar refractivity (Wildman–Crippen MR) is 118 cm³/mol. The molecule has 1 amide bonds. The number of hydrogen-bond donors (Lipinski definition) is 1. The maximum Gasteiger partial charge on any atom is 0.243 e. The summed E-state index contributed by atoms with van der Waals surface area (Å²) in [5.41, 5.74) is 2.49. The smallest absolute Gasteiger partial charge is 0.243 e. The number of sulfonamides is 1. The first-order valence-corrected chi connectivity index (χ1v) is 12.7. The fourth-order valence-electron chi connectivity index (χ4n) is 2.53. The average molecular weight is 439 g/mol. The number of thioether (sulfide) groups is 2. The summed E-state index contributed by atoms with van der Waals surface area (Å²) in [6.45, 7) is 2.37. The van der Waals surface area contributed by atoms with Crippen molar-refractivity contribution in [3.63, 3.8) is 0 Å². The van der Waals surface area contributed by atoms with E-state index in [0.29, 0.717) is 6.54 Å². The third kappa shape index (κ3) is 6.84. The predicted octanol–water partition coefficient (Wildman–Crippen LogP) is 3.39. The molecule has 0 unspecified atom stereocenters. The van der Waals surface area contributed by atoms with Crippen molar-refractivity contribution in [1.29, 1.82) is 0 Å². The summed E-state index contributed by atoms with van der Waals surface area (Å²) < 4.78 is 26.2. The van der Waals surface area contributed by atoms with Crippen LogP contribution in [0.25, 0.3) is 0 Å². The Morgan fingerprint density at radius 3 is 2.50 bits per heavy atom. The number of amides is 1.